The summed E-state index contributed by atoms with van der Waals surface area (Å²) >= 11 is 0. The van der Waals surface area contributed by atoms with Crippen LogP contribution < -0.4 is 20.3 Å². The number of aliphatic imine (C=N–C) groups is 1. The number of benzene rings is 1. The predicted octanol–water partition coefficient (Wildman–Crippen LogP) is 1.51. The average molecular weight is 540 g/mol. The molecule has 1 aliphatic rings. The first kappa shape index (κ1) is 25.8. The second-order valence-corrected chi connectivity index (χ2v) is 9.01. The third-order valence-electron chi connectivity index (χ3n) is 4.40. The third-order valence-corrected chi connectivity index (χ3v) is 5.31. The quantitative estimate of drug-likeness (QED) is 0.201. The molecule has 2 rings (SSSR count). The van der Waals surface area contributed by atoms with Crippen LogP contribution in [0.3, 0.4) is 0 Å². The van der Waals surface area contributed by atoms with Gasteiger partial charge in [0.05, 0.1) is 38.3 Å². The Bertz CT molecular complexity index is 745. The molecule has 1 aromatic carbocycles. The van der Waals surface area contributed by atoms with Gasteiger partial charge in [-0.2, -0.15) is 0 Å². The van der Waals surface area contributed by atoms with Crippen LogP contribution in [-0.2, 0) is 14.6 Å². The van der Waals surface area contributed by atoms with Crippen LogP contribution in [0.15, 0.2) is 29.3 Å². The highest BCUT2D eigenvalue weighted by atomic mass is 127. The molecule has 0 aromatic heterocycles. The van der Waals surface area contributed by atoms with Crippen molar-refractivity contribution in [2.24, 2.45) is 4.99 Å². The van der Waals surface area contributed by atoms with Crippen molar-refractivity contribution in [2.45, 2.75) is 19.4 Å². The van der Waals surface area contributed by atoms with Crippen molar-refractivity contribution in [3.05, 3.63) is 24.3 Å². The van der Waals surface area contributed by atoms with Gasteiger partial charge < -0.3 is 25.0 Å². The fourth-order valence-corrected chi connectivity index (χ4v) is 3.46. The van der Waals surface area contributed by atoms with Gasteiger partial charge in [-0.05, 0) is 25.5 Å². The number of hydrogen-bond donors (Lipinski definition) is 2. The lowest BCUT2D eigenvalue weighted by molar-refractivity contribution is 0.157. The Labute approximate surface area is 191 Å². The van der Waals surface area contributed by atoms with Crippen LogP contribution in [0.5, 0.6) is 5.75 Å². The molecule has 1 aliphatic heterocycles. The molecule has 2 N–H and O–H groups in total. The van der Waals surface area contributed by atoms with Crippen molar-refractivity contribution in [1.29, 1.82) is 0 Å². The van der Waals surface area contributed by atoms with E-state index in [1.54, 1.807) is 7.11 Å². The van der Waals surface area contributed by atoms with Gasteiger partial charge in [-0.15, -0.1) is 24.0 Å². The maximum Gasteiger partial charge on any atom is 0.191 e. The maximum absolute atomic E-state index is 11.1. The van der Waals surface area contributed by atoms with Gasteiger partial charge in [0.15, 0.2) is 5.96 Å². The predicted molar refractivity (Wildman–Crippen MR) is 129 cm³/mol. The summed E-state index contributed by atoms with van der Waals surface area (Å²) in [7, 11) is -1.29. The number of nitrogens with zero attached hydrogens (tertiary/aromatic N) is 2. The van der Waals surface area contributed by atoms with E-state index in [0.29, 0.717) is 13.2 Å². The van der Waals surface area contributed by atoms with Gasteiger partial charge in [0.1, 0.15) is 15.6 Å². The van der Waals surface area contributed by atoms with Crippen molar-refractivity contribution in [3.63, 3.8) is 0 Å². The van der Waals surface area contributed by atoms with E-state index in [2.05, 4.69) is 26.6 Å². The molecule has 0 bridgehead atoms. The average Bonchev–Trinajstić information content (AvgIpc) is 3.12. The van der Waals surface area contributed by atoms with Crippen LogP contribution in [0.25, 0.3) is 0 Å². The molecule has 0 radical (unpaired) electrons. The molecule has 166 valence electrons. The highest BCUT2D eigenvalue weighted by Crippen LogP contribution is 2.30. The van der Waals surface area contributed by atoms with E-state index in [-0.39, 0.29) is 42.4 Å². The Morgan fingerprint density at radius 1 is 1.31 bits per heavy atom. The number of guanidine groups is 1. The second-order valence-electron chi connectivity index (χ2n) is 6.75. The second kappa shape index (κ2) is 13.1. The summed E-state index contributed by atoms with van der Waals surface area (Å²) < 4.78 is 33.0. The molecule has 10 heteroatoms. The minimum Gasteiger partial charge on any atom is -0.495 e. The molecular weight excluding hydrogens is 507 g/mol. The van der Waals surface area contributed by atoms with Crippen LogP contribution >= 0.6 is 24.0 Å². The monoisotopic (exact) mass is 540 g/mol. The minimum atomic E-state index is -2.98. The number of methoxy groups -OCH3 is 1. The Hall–Kier alpha value is -1.27. The van der Waals surface area contributed by atoms with Gasteiger partial charge in [-0.1, -0.05) is 12.1 Å². The highest BCUT2D eigenvalue weighted by molar-refractivity contribution is 14.0. The molecule has 0 spiro atoms. The molecule has 8 nitrogen and oxygen atoms in total. The van der Waals surface area contributed by atoms with E-state index in [1.807, 2.05) is 25.1 Å². The lowest BCUT2D eigenvalue weighted by Crippen LogP contribution is -2.44. The molecule has 29 heavy (non-hydrogen) atoms. The molecule has 0 amide bonds. The van der Waals surface area contributed by atoms with Gasteiger partial charge in [0.25, 0.3) is 0 Å². The number of para-hydroxylation sites is 2. The SMILES string of the molecule is CCNC(=NCCOCCS(C)(=O)=O)NC1CCN(c2ccccc2OC)C1.I. The summed E-state index contributed by atoms with van der Waals surface area (Å²) in [6, 6.07) is 8.34. The standard InChI is InChI=1S/C19H32N4O4S.HI/c1-4-20-19(21-10-12-27-13-14-28(3,24)25)22-16-9-11-23(15-16)17-7-5-6-8-18(17)26-2;/h5-8,16H,4,9-15H2,1-3H3,(H2,20,21,22);1H. The zero-order chi connectivity index (χ0) is 20.4. The smallest absolute Gasteiger partial charge is 0.191 e. The van der Waals surface area contributed by atoms with Gasteiger partial charge in [-0.25, -0.2) is 8.42 Å². The first-order valence-corrected chi connectivity index (χ1v) is 11.7. The van der Waals surface area contributed by atoms with E-state index < -0.39 is 9.84 Å². The molecular formula is C19H33IN4O4S. The molecule has 1 aromatic rings. The summed E-state index contributed by atoms with van der Waals surface area (Å²) in [5.41, 5.74) is 1.11. The van der Waals surface area contributed by atoms with Gasteiger partial charge in [0, 0.05) is 31.9 Å². The number of ether oxygens (including phenoxy) is 2. The van der Waals surface area contributed by atoms with E-state index in [4.69, 9.17) is 9.47 Å². The van der Waals surface area contributed by atoms with Gasteiger partial charge in [0.2, 0.25) is 0 Å². The minimum absolute atomic E-state index is 0. The Morgan fingerprint density at radius 3 is 2.76 bits per heavy atom. The summed E-state index contributed by atoms with van der Waals surface area (Å²) in [6.07, 6.45) is 2.21. The zero-order valence-corrected chi connectivity index (χ0v) is 20.5. The fourth-order valence-electron chi connectivity index (χ4n) is 3.04. The van der Waals surface area contributed by atoms with Gasteiger partial charge in [-0.3, -0.25) is 4.99 Å². The number of nitrogens with one attached hydrogen (secondary N) is 2. The van der Waals surface area contributed by atoms with Gasteiger partial charge >= 0.3 is 0 Å². The molecule has 1 unspecified atom stereocenters. The van der Waals surface area contributed by atoms with Crippen LogP contribution in [0.2, 0.25) is 0 Å². The Kier molecular flexibility index (Phi) is 11.7. The summed E-state index contributed by atoms with van der Waals surface area (Å²) in [6.45, 7) is 5.68. The largest absolute Gasteiger partial charge is 0.495 e. The van der Waals surface area contributed by atoms with Crippen molar-refractivity contribution in [2.75, 3.05) is 63.4 Å². The van der Waals surface area contributed by atoms with Crippen molar-refractivity contribution in [1.82, 2.24) is 10.6 Å². The summed E-state index contributed by atoms with van der Waals surface area (Å²) in [5.74, 6) is 1.67. The summed E-state index contributed by atoms with van der Waals surface area (Å²) in [5, 5.41) is 6.72. The van der Waals surface area contributed by atoms with Crippen LogP contribution in [-0.4, -0.2) is 78.9 Å². The van der Waals surface area contributed by atoms with Crippen molar-refractivity contribution in [3.8, 4) is 5.75 Å². The topological polar surface area (TPSA) is 92.3 Å². The molecule has 0 aliphatic carbocycles. The normalized spacial score (nSPS) is 17.0. The lowest BCUT2D eigenvalue weighted by Gasteiger charge is -2.22. The fraction of sp³-hybridized carbons (Fsp3) is 0.632. The Balaban J connectivity index is 0.00000420. The molecule has 1 saturated heterocycles. The first-order valence-electron chi connectivity index (χ1n) is 9.61. The molecule has 1 heterocycles. The molecule has 1 atom stereocenters. The molecule has 1 fully saturated rings. The first-order chi connectivity index (χ1) is 13.4. The zero-order valence-electron chi connectivity index (χ0n) is 17.4. The number of sulfone groups is 1. The van der Waals surface area contributed by atoms with Crippen molar-refractivity contribution < 1.29 is 17.9 Å². The number of anilines is 1. The van der Waals surface area contributed by atoms with Crippen LogP contribution in [0.1, 0.15) is 13.3 Å². The van der Waals surface area contributed by atoms with E-state index in [1.165, 1.54) is 6.26 Å². The van der Waals surface area contributed by atoms with E-state index in [0.717, 1.165) is 43.5 Å². The summed E-state index contributed by atoms with van der Waals surface area (Å²) in [4.78, 5) is 6.83. The third kappa shape index (κ3) is 9.39. The highest BCUT2D eigenvalue weighted by Gasteiger charge is 2.25. The number of hydrogen-bond acceptors (Lipinski definition) is 6. The van der Waals surface area contributed by atoms with Crippen LogP contribution in [0, 0.1) is 0 Å². The lowest BCUT2D eigenvalue weighted by atomic mass is 10.2. The molecule has 0 saturated carbocycles. The maximum atomic E-state index is 11.1. The van der Waals surface area contributed by atoms with Crippen molar-refractivity contribution >= 4 is 45.5 Å². The Morgan fingerprint density at radius 2 is 2.07 bits per heavy atom. The van der Waals surface area contributed by atoms with Crippen LogP contribution in [0.4, 0.5) is 5.69 Å². The van der Waals surface area contributed by atoms with E-state index in [9.17, 15) is 8.42 Å². The number of rotatable bonds is 10. The number of halogens is 1. The van der Waals surface area contributed by atoms with E-state index >= 15 is 0 Å².